The maximum Gasteiger partial charge on any atom is 0.330 e. The van der Waals surface area contributed by atoms with Gasteiger partial charge in [-0.05, 0) is 24.8 Å². The standard InChI is InChI=1S/C15H17N3O5S2/c1-15-4-2-11(20)18(15)9(7-25-15)14(22)23-6-10(19)17-13-8(12(16)21)3-5-24-13/h3,5,9H,2,4,6-7H2,1H3,(H2,16,21)(H,17,19)/t9-,15+/m0/s1. The largest absolute Gasteiger partial charge is 0.454 e. The van der Waals surface area contributed by atoms with E-state index in [-0.39, 0.29) is 16.3 Å². The van der Waals surface area contributed by atoms with Gasteiger partial charge in [0.15, 0.2) is 6.61 Å². The summed E-state index contributed by atoms with van der Waals surface area (Å²) in [6.07, 6.45) is 1.12. The third-order valence-electron chi connectivity index (χ3n) is 4.25. The fourth-order valence-corrected chi connectivity index (χ4v) is 5.22. The van der Waals surface area contributed by atoms with Gasteiger partial charge in [-0.25, -0.2) is 4.79 Å². The summed E-state index contributed by atoms with van der Waals surface area (Å²) in [5.74, 6) is -1.42. The predicted molar refractivity (Wildman–Crippen MR) is 93.2 cm³/mol. The van der Waals surface area contributed by atoms with Crippen molar-refractivity contribution in [3.8, 4) is 0 Å². The van der Waals surface area contributed by atoms with Gasteiger partial charge in [0, 0.05) is 12.2 Å². The molecule has 8 nitrogen and oxygen atoms in total. The zero-order valence-electron chi connectivity index (χ0n) is 13.4. The number of carbonyl (C=O) groups excluding carboxylic acids is 4. The summed E-state index contributed by atoms with van der Waals surface area (Å²) in [5, 5.41) is 4.43. The van der Waals surface area contributed by atoms with E-state index in [0.717, 1.165) is 11.3 Å². The number of hydrogen-bond acceptors (Lipinski definition) is 7. The summed E-state index contributed by atoms with van der Waals surface area (Å²) < 4.78 is 5.07. The number of nitrogens with zero attached hydrogens (tertiary/aromatic N) is 1. The van der Waals surface area contributed by atoms with E-state index in [1.807, 2.05) is 6.92 Å². The van der Waals surface area contributed by atoms with Crippen LogP contribution in [0.4, 0.5) is 5.00 Å². The smallest absolute Gasteiger partial charge is 0.330 e. The number of amides is 3. The minimum atomic E-state index is -0.666. The second-order valence-corrected chi connectivity index (χ2v) is 8.37. The Kier molecular flexibility index (Phi) is 4.74. The molecular weight excluding hydrogens is 366 g/mol. The van der Waals surface area contributed by atoms with Crippen LogP contribution in [-0.2, 0) is 19.1 Å². The highest BCUT2D eigenvalue weighted by Crippen LogP contribution is 2.47. The molecule has 3 N–H and O–H groups in total. The molecule has 0 radical (unpaired) electrons. The number of hydrogen-bond donors (Lipinski definition) is 2. The van der Waals surface area contributed by atoms with E-state index in [2.05, 4.69) is 5.32 Å². The van der Waals surface area contributed by atoms with Crippen molar-refractivity contribution < 1.29 is 23.9 Å². The van der Waals surface area contributed by atoms with Gasteiger partial charge >= 0.3 is 5.97 Å². The predicted octanol–water partition coefficient (Wildman–Crippen LogP) is 0.783. The fourth-order valence-electron chi connectivity index (χ4n) is 2.99. The molecule has 0 aliphatic carbocycles. The number of nitrogens with one attached hydrogen (secondary N) is 1. The molecule has 0 aromatic carbocycles. The van der Waals surface area contributed by atoms with E-state index in [1.165, 1.54) is 6.07 Å². The first-order chi connectivity index (χ1) is 11.8. The highest BCUT2D eigenvalue weighted by molar-refractivity contribution is 8.01. The molecule has 1 aromatic rings. The number of anilines is 1. The molecule has 2 fully saturated rings. The third kappa shape index (κ3) is 3.36. The molecule has 3 amide bonds. The monoisotopic (exact) mass is 383 g/mol. The second kappa shape index (κ2) is 6.68. The summed E-state index contributed by atoms with van der Waals surface area (Å²) in [5.41, 5.74) is 5.41. The fraction of sp³-hybridized carbons (Fsp3) is 0.467. The maximum atomic E-state index is 12.3. The normalized spacial score (nSPS) is 24.9. The zero-order valence-corrected chi connectivity index (χ0v) is 15.1. The molecule has 0 unspecified atom stereocenters. The van der Waals surface area contributed by atoms with Gasteiger partial charge in [-0.2, -0.15) is 0 Å². The molecule has 1 aromatic heterocycles. The molecule has 3 heterocycles. The number of carbonyl (C=O) groups is 4. The summed E-state index contributed by atoms with van der Waals surface area (Å²) in [6.45, 7) is 1.44. The second-order valence-electron chi connectivity index (χ2n) is 5.95. The van der Waals surface area contributed by atoms with Gasteiger partial charge in [0.1, 0.15) is 11.0 Å². The molecule has 0 saturated carbocycles. The first-order valence-corrected chi connectivity index (χ1v) is 9.48. The van der Waals surface area contributed by atoms with Gasteiger partial charge in [-0.3, -0.25) is 14.4 Å². The third-order valence-corrected chi connectivity index (χ3v) is 6.58. The summed E-state index contributed by atoms with van der Waals surface area (Å²) in [6, 6.07) is 0.838. The number of thiophene rings is 1. The van der Waals surface area contributed by atoms with E-state index < -0.39 is 30.4 Å². The maximum absolute atomic E-state index is 12.3. The van der Waals surface area contributed by atoms with Crippen LogP contribution in [0.25, 0.3) is 0 Å². The van der Waals surface area contributed by atoms with Crippen molar-refractivity contribution in [2.24, 2.45) is 5.73 Å². The number of ether oxygens (including phenoxy) is 1. The average molecular weight is 383 g/mol. The Hall–Kier alpha value is -2.07. The molecule has 2 aliphatic heterocycles. The number of primary amides is 1. The molecule has 10 heteroatoms. The van der Waals surface area contributed by atoms with Crippen LogP contribution < -0.4 is 11.1 Å². The molecule has 3 rings (SSSR count). The topological polar surface area (TPSA) is 119 Å². The molecule has 25 heavy (non-hydrogen) atoms. The SMILES string of the molecule is C[C@@]12CCC(=O)N1[C@H](C(=O)OCC(=O)Nc1sccc1C(N)=O)CS2. The molecule has 2 aliphatic rings. The highest BCUT2D eigenvalue weighted by Gasteiger charge is 2.53. The van der Waals surface area contributed by atoms with Gasteiger partial charge in [0.25, 0.3) is 11.8 Å². The lowest BCUT2D eigenvalue weighted by Gasteiger charge is -2.29. The van der Waals surface area contributed by atoms with Crippen molar-refractivity contribution in [3.63, 3.8) is 0 Å². The van der Waals surface area contributed by atoms with Crippen LogP contribution in [0, 0.1) is 0 Å². The van der Waals surface area contributed by atoms with E-state index in [0.29, 0.717) is 23.6 Å². The summed E-state index contributed by atoms with van der Waals surface area (Å²) in [7, 11) is 0. The van der Waals surface area contributed by atoms with Gasteiger partial charge in [-0.15, -0.1) is 23.1 Å². The molecule has 0 spiro atoms. The Morgan fingerprint density at radius 3 is 2.96 bits per heavy atom. The van der Waals surface area contributed by atoms with E-state index in [9.17, 15) is 19.2 Å². The summed E-state index contributed by atoms with van der Waals surface area (Å²) >= 11 is 2.70. The number of esters is 1. The average Bonchev–Trinajstić information content (AvgIpc) is 3.21. The van der Waals surface area contributed by atoms with Crippen LogP contribution in [0.15, 0.2) is 11.4 Å². The van der Waals surface area contributed by atoms with E-state index in [4.69, 9.17) is 10.5 Å². The molecule has 2 atom stereocenters. The Labute approximate surface area is 152 Å². The van der Waals surface area contributed by atoms with Crippen molar-refractivity contribution in [2.45, 2.75) is 30.7 Å². The highest BCUT2D eigenvalue weighted by atomic mass is 32.2. The Morgan fingerprint density at radius 2 is 2.24 bits per heavy atom. The quantitative estimate of drug-likeness (QED) is 0.726. The van der Waals surface area contributed by atoms with Crippen LogP contribution in [0.5, 0.6) is 0 Å². The lowest BCUT2D eigenvalue weighted by Crippen LogP contribution is -2.47. The summed E-state index contributed by atoms with van der Waals surface area (Å²) in [4.78, 5) is 48.7. The molecule has 0 bridgehead atoms. The van der Waals surface area contributed by atoms with Gasteiger partial charge in [0.2, 0.25) is 5.91 Å². The van der Waals surface area contributed by atoms with Crippen LogP contribution >= 0.6 is 23.1 Å². The van der Waals surface area contributed by atoms with Crippen LogP contribution in [-0.4, -0.2) is 51.9 Å². The van der Waals surface area contributed by atoms with E-state index >= 15 is 0 Å². The van der Waals surface area contributed by atoms with Gasteiger partial charge in [-0.1, -0.05) is 0 Å². The molecule has 2 saturated heterocycles. The zero-order chi connectivity index (χ0) is 18.2. The van der Waals surface area contributed by atoms with Crippen LogP contribution in [0.1, 0.15) is 30.1 Å². The van der Waals surface area contributed by atoms with Gasteiger partial charge < -0.3 is 20.7 Å². The van der Waals surface area contributed by atoms with Crippen LogP contribution in [0.3, 0.4) is 0 Å². The van der Waals surface area contributed by atoms with Crippen LogP contribution in [0.2, 0.25) is 0 Å². The first kappa shape index (κ1) is 17.7. The van der Waals surface area contributed by atoms with Crippen molar-refractivity contribution >= 4 is 51.8 Å². The Bertz CT molecular complexity index is 749. The first-order valence-electron chi connectivity index (χ1n) is 7.62. The minimum absolute atomic E-state index is 0.0661. The lowest BCUT2D eigenvalue weighted by atomic mass is 10.2. The lowest BCUT2D eigenvalue weighted by molar-refractivity contribution is -0.155. The number of rotatable bonds is 5. The Balaban J connectivity index is 1.56. The van der Waals surface area contributed by atoms with Crippen molar-refractivity contribution in [2.75, 3.05) is 17.7 Å². The Morgan fingerprint density at radius 1 is 1.48 bits per heavy atom. The number of nitrogens with two attached hydrogens (primary N) is 1. The number of thioether (sulfide) groups is 1. The van der Waals surface area contributed by atoms with Crippen molar-refractivity contribution in [3.05, 3.63) is 17.0 Å². The van der Waals surface area contributed by atoms with Crippen molar-refractivity contribution in [1.29, 1.82) is 0 Å². The van der Waals surface area contributed by atoms with Gasteiger partial charge in [0.05, 0.1) is 10.4 Å². The minimum Gasteiger partial charge on any atom is -0.454 e. The molecular formula is C15H17N3O5S2. The van der Waals surface area contributed by atoms with Crippen molar-refractivity contribution in [1.82, 2.24) is 4.90 Å². The number of fused-ring (bicyclic) bond motifs is 1. The molecule has 134 valence electrons. The van der Waals surface area contributed by atoms with E-state index in [1.54, 1.807) is 22.0 Å².